The van der Waals surface area contributed by atoms with E-state index < -0.39 is 23.3 Å². The van der Waals surface area contributed by atoms with Crippen LogP contribution in [0.2, 0.25) is 0 Å². The molecule has 3 aromatic carbocycles. The molecular formula is C18H10F4. The van der Waals surface area contributed by atoms with Crippen LogP contribution >= 0.6 is 0 Å². The lowest BCUT2D eigenvalue weighted by Gasteiger charge is -2.07. The molecule has 3 rings (SSSR count). The zero-order valence-electron chi connectivity index (χ0n) is 11.3. The van der Waals surface area contributed by atoms with Gasteiger partial charge in [-0.3, -0.25) is 0 Å². The van der Waals surface area contributed by atoms with Crippen molar-refractivity contribution in [2.75, 3.05) is 0 Å². The second-order valence-corrected chi connectivity index (χ2v) is 4.78. The average molecular weight is 302 g/mol. The van der Waals surface area contributed by atoms with Crippen LogP contribution in [-0.4, -0.2) is 0 Å². The van der Waals surface area contributed by atoms with Crippen molar-refractivity contribution in [1.82, 2.24) is 0 Å². The number of benzene rings is 3. The van der Waals surface area contributed by atoms with E-state index in [9.17, 15) is 17.6 Å². The van der Waals surface area contributed by atoms with Crippen molar-refractivity contribution < 1.29 is 17.6 Å². The Balaban J connectivity index is 2.03. The first-order valence-corrected chi connectivity index (χ1v) is 6.57. The third-order valence-electron chi connectivity index (χ3n) is 3.41. The normalized spacial score (nSPS) is 10.7. The summed E-state index contributed by atoms with van der Waals surface area (Å²) in [6.45, 7) is 0. The maximum atomic E-state index is 13.7. The lowest BCUT2D eigenvalue weighted by molar-refractivity contribution is 0.511. The van der Waals surface area contributed by atoms with Crippen LogP contribution in [0.15, 0.2) is 60.7 Å². The van der Waals surface area contributed by atoms with Crippen LogP contribution in [0.4, 0.5) is 17.6 Å². The minimum absolute atomic E-state index is 0.117. The van der Waals surface area contributed by atoms with Crippen LogP contribution in [0.3, 0.4) is 0 Å². The molecule has 0 N–H and O–H groups in total. The molecule has 0 bridgehead atoms. The fraction of sp³-hybridized carbons (Fsp3) is 0. The Kier molecular flexibility index (Phi) is 3.67. The molecule has 0 spiro atoms. The minimum Gasteiger partial charge on any atom is -0.204 e. The molecule has 0 unspecified atom stereocenters. The molecule has 0 saturated carbocycles. The van der Waals surface area contributed by atoms with Gasteiger partial charge >= 0.3 is 0 Å². The van der Waals surface area contributed by atoms with Crippen LogP contribution in [0.5, 0.6) is 0 Å². The molecule has 3 aromatic rings. The standard InChI is InChI=1S/C18H10F4/c19-15-5-1-3-13(17(15)21)11-7-9-12(10-8-11)14-4-2-6-16(20)18(14)22/h1-10H. The molecule has 0 saturated heterocycles. The predicted molar refractivity (Wildman–Crippen MR) is 77.1 cm³/mol. The number of rotatable bonds is 2. The summed E-state index contributed by atoms with van der Waals surface area (Å²) in [4.78, 5) is 0. The topological polar surface area (TPSA) is 0 Å². The lowest BCUT2D eigenvalue weighted by Crippen LogP contribution is -1.91. The zero-order chi connectivity index (χ0) is 15.7. The van der Waals surface area contributed by atoms with Gasteiger partial charge in [0, 0.05) is 11.1 Å². The van der Waals surface area contributed by atoms with Gasteiger partial charge in [0.05, 0.1) is 0 Å². The fourth-order valence-electron chi connectivity index (χ4n) is 2.28. The van der Waals surface area contributed by atoms with E-state index in [4.69, 9.17) is 0 Å². The van der Waals surface area contributed by atoms with Crippen LogP contribution in [-0.2, 0) is 0 Å². The highest BCUT2D eigenvalue weighted by atomic mass is 19.2. The third kappa shape index (κ3) is 2.48. The molecule has 110 valence electrons. The molecule has 0 aliphatic heterocycles. The molecule has 0 aromatic heterocycles. The predicted octanol–water partition coefficient (Wildman–Crippen LogP) is 5.58. The molecule has 0 aliphatic carbocycles. The third-order valence-corrected chi connectivity index (χ3v) is 3.41. The largest absolute Gasteiger partial charge is 0.204 e. The maximum absolute atomic E-state index is 13.7. The van der Waals surface area contributed by atoms with E-state index in [0.717, 1.165) is 12.1 Å². The van der Waals surface area contributed by atoms with Crippen molar-refractivity contribution >= 4 is 0 Å². The van der Waals surface area contributed by atoms with Crippen molar-refractivity contribution in [1.29, 1.82) is 0 Å². The van der Waals surface area contributed by atoms with Crippen molar-refractivity contribution in [2.24, 2.45) is 0 Å². The highest BCUT2D eigenvalue weighted by molar-refractivity contribution is 5.71. The Labute approximate surface area is 124 Å². The Morgan fingerprint density at radius 1 is 0.455 bits per heavy atom. The van der Waals surface area contributed by atoms with Gasteiger partial charge in [-0.15, -0.1) is 0 Å². The first-order chi connectivity index (χ1) is 10.6. The van der Waals surface area contributed by atoms with Gasteiger partial charge in [-0.05, 0) is 23.3 Å². The Hall–Kier alpha value is -2.62. The summed E-state index contributed by atoms with van der Waals surface area (Å²) in [5.41, 5.74) is 1.15. The molecule has 4 heteroatoms. The highest BCUT2D eigenvalue weighted by Crippen LogP contribution is 2.29. The maximum Gasteiger partial charge on any atom is 0.166 e. The molecule has 0 radical (unpaired) electrons. The van der Waals surface area contributed by atoms with Crippen LogP contribution in [0.25, 0.3) is 22.3 Å². The van der Waals surface area contributed by atoms with Crippen LogP contribution in [0.1, 0.15) is 0 Å². The van der Waals surface area contributed by atoms with Crippen molar-refractivity contribution in [3.8, 4) is 22.3 Å². The van der Waals surface area contributed by atoms with Crippen LogP contribution in [0, 0.1) is 23.3 Å². The molecule has 0 heterocycles. The van der Waals surface area contributed by atoms with Gasteiger partial charge in [-0.25, -0.2) is 17.6 Å². The van der Waals surface area contributed by atoms with Gasteiger partial charge in [0.1, 0.15) is 0 Å². The fourth-order valence-corrected chi connectivity index (χ4v) is 2.28. The van der Waals surface area contributed by atoms with E-state index in [2.05, 4.69) is 0 Å². The SMILES string of the molecule is Fc1cccc(-c2ccc(-c3cccc(F)c3F)cc2)c1F. The first kappa shape index (κ1) is 14.3. The minimum atomic E-state index is -0.938. The molecule has 0 aliphatic rings. The lowest BCUT2D eigenvalue weighted by atomic mass is 9.99. The van der Waals surface area contributed by atoms with Crippen molar-refractivity contribution in [3.05, 3.63) is 83.9 Å². The summed E-state index contributed by atoms with van der Waals surface area (Å²) in [6.07, 6.45) is 0. The number of halogens is 4. The Morgan fingerprint density at radius 2 is 0.818 bits per heavy atom. The smallest absolute Gasteiger partial charge is 0.166 e. The van der Waals surface area contributed by atoms with Gasteiger partial charge in [-0.1, -0.05) is 48.5 Å². The second kappa shape index (κ2) is 5.64. The van der Waals surface area contributed by atoms with Gasteiger partial charge in [0.15, 0.2) is 23.3 Å². The quantitative estimate of drug-likeness (QED) is 0.542. The summed E-state index contributed by atoms with van der Waals surface area (Å²) < 4.78 is 54.0. The van der Waals surface area contributed by atoms with E-state index in [0.29, 0.717) is 11.1 Å². The summed E-state index contributed by atoms with van der Waals surface area (Å²) in [5.74, 6) is -3.74. The summed E-state index contributed by atoms with van der Waals surface area (Å²) in [5, 5.41) is 0. The van der Waals surface area contributed by atoms with Gasteiger partial charge in [0.25, 0.3) is 0 Å². The molecule has 0 nitrogen and oxygen atoms in total. The monoisotopic (exact) mass is 302 g/mol. The van der Waals surface area contributed by atoms with E-state index in [-0.39, 0.29) is 11.1 Å². The number of hydrogen-bond acceptors (Lipinski definition) is 0. The van der Waals surface area contributed by atoms with Crippen LogP contribution < -0.4 is 0 Å². The van der Waals surface area contributed by atoms with Crippen molar-refractivity contribution in [2.45, 2.75) is 0 Å². The Bertz CT molecular complexity index is 752. The van der Waals surface area contributed by atoms with Gasteiger partial charge in [-0.2, -0.15) is 0 Å². The molecule has 0 atom stereocenters. The van der Waals surface area contributed by atoms with Gasteiger partial charge < -0.3 is 0 Å². The second-order valence-electron chi connectivity index (χ2n) is 4.78. The summed E-state index contributed by atoms with van der Waals surface area (Å²) in [7, 11) is 0. The van der Waals surface area contributed by atoms with Gasteiger partial charge in [0.2, 0.25) is 0 Å². The van der Waals surface area contributed by atoms with E-state index in [1.807, 2.05) is 0 Å². The molecular weight excluding hydrogens is 292 g/mol. The summed E-state index contributed by atoms with van der Waals surface area (Å²) >= 11 is 0. The summed E-state index contributed by atoms with van der Waals surface area (Å²) in [6, 6.07) is 14.0. The van der Waals surface area contributed by atoms with E-state index in [1.165, 1.54) is 48.5 Å². The average Bonchev–Trinajstić information content (AvgIpc) is 2.53. The zero-order valence-corrected chi connectivity index (χ0v) is 11.3. The first-order valence-electron chi connectivity index (χ1n) is 6.57. The van der Waals surface area contributed by atoms with Crippen molar-refractivity contribution in [3.63, 3.8) is 0 Å². The van der Waals surface area contributed by atoms with E-state index in [1.54, 1.807) is 0 Å². The number of hydrogen-bond donors (Lipinski definition) is 0. The Morgan fingerprint density at radius 3 is 1.18 bits per heavy atom. The highest BCUT2D eigenvalue weighted by Gasteiger charge is 2.12. The van der Waals surface area contributed by atoms with E-state index >= 15 is 0 Å². The molecule has 22 heavy (non-hydrogen) atoms. The molecule has 0 fully saturated rings. The molecule has 0 amide bonds.